The second kappa shape index (κ2) is 6.58. The summed E-state index contributed by atoms with van der Waals surface area (Å²) in [4.78, 5) is 12.6. The molecule has 2 rings (SSSR count). The van der Waals surface area contributed by atoms with Gasteiger partial charge >= 0.3 is 6.18 Å². The van der Waals surface area contributed by atoms with E-state index >= 15 is 0 Å². The molecule has 0 saturated heterocycles. The molecule has 0 saturated carbocycles. The molecule has 0 radical (unpaired) electrons. The summed E-state index contributed by atoms with van der Waals surface area (Å²) >= 11 is 1.52. The van der Waals surface area contributed by atoms with Gasteiger partial charge in [-0.15, -0.1) is 11.3 Å². The number of benzene rings is 1. The molecule has 21 heavy (non-hydrogen) atoms. The molecule has 1 aromatic heterocycles. The normalized spacial score (nSPS) is 11.8. The van der Waals surface area contributed by atoms with Crippen molar-refractivity contribution in [3.8, 4) is 0 Å². The Hall–Kier alpha value is -2.08. The van der Waals surface area contributed by atoms with Gasteiger partial charge in [-0.05, 0) is 35.2 Å². The number of alkyl halides is 3. The van der Waals surface area contributed by atoms with Crippen molar-refractivity contribution in [1.82, 2.24) is 5.32 Å². The first-order valence-electron chi connectivity index (χ1n) is 6.11. The van der Waals surface area contributed by atoms with Crippen molar-refractivity contribution >= 4 is 23.3 Å². The minimum absolute atomic E-state index is 0.330. The highest BCUT2D eigenvalue weighted by atomic mass is 32.1. The second-order valence-electron chi connectivity index (χ2n) is 4.25. The fourth-order valence-electron chi connectivity index (χ4n) is 1.64. The van der Waals surface area contributed by atoms with Gasteiger partial charge in [0.2, 0.25) is 5.91 Å². The lowest BCUT2D eigenvalue weighted by atomic mass is 10.1. The first-order chi connectivity index (χ1) is 9.95. The van der Waals surface area contributed by atoms with Crippen LogP contribution in [0.4, 0.5) is 13.2 Å². The number of carbonyl (C=O) groups excluding carboxylic acids is 1. The molecule has 0 atom stereocenters. The van der Waals surface area contributed by atoms with Crippen LogP contribution in [0.1, 0.15) is 16.0 Å². The van der Waals surface area contributed by atoms with Crippen molar-refractivity contribution in [1.29, 1.82) is 0 Å². The molecule has 1 N–H and O–H groups in total. The number of hydrogen-bond acceptors (Lipinski definition) is 2. The molecule has 2 aromatic rings. The van der Waals surface area contributed by atoms with Gasteiger partial charge in [0.25, 0.3) is 0 Å². The largest absolute Gasteiger partial charge is 0.416 e. The smallest absolute Gasteiger partial charge is 0.348 e. The van der Waals surface area contributed by atoms with Crippen LogP contribution in [0, 0.1) is 0 Å². The van der Waals surface area contributed by atoms with E-state index in [0.29, 0.717) is 12.1 Å². The van der Waals surface area contributed by atoms with Crippen LogP contribution in [-0.4, -0.2) is 5.91 Å². The molecule has 0 unspecified atom stereocenters. The highest BCUT2D eigenvalue weighted by molar-refractivity contribution is 7.09. The summed E-state index contributed by atoms with van der Waals surface area (Å²) in [6.45, 7) is 0.406. The Morgan fingerprint density at radius 2 is 2.05 bits per heavy atom. The average Bonchev–Trinajstić information content (AvgIpc) is 2.95. The minimum atomic E-state index is -4.38. The van der Waals surface area contributed by atoms with E-state index in [1.165, 1.54) is 35.6 Å². The lowest BCUT2D eigenvalue weighted by Crippen LogP contribution is -2.19. The zero-order valence-corrected chi connectivity index (χ0v) is 11.7. The van der Waals surface area contributed by atoms with E-state index in [9.17, 15) is 18.0 Å². The molecular formula is C15H12F3NOS. The van der Waals surface area contributed by atoms with Crippen molar-refractivity contribution in [3.63, 3.8) is 0 Å². The van der Waals surface area contributed by atoms with Crippen LogP contribution in [0.5, 0.6) is 0 Å². The van der Waals surface area contributed by atoms with Crippen molar-refractivity contribution in [2.75, 3.05) is 0 Å². The topological polar surface area (TPSA) is 29.1 Å². The van der Waals surface area contributed by atoms with Gasteiger partial charge in [-0.25, -0.2) is 0 Å². The first-order valence-corrected chi connectivity index (χ1v) is 6.99. The zero-order chi connectivity index (χ0) is 15.3. The predicted molar refractivity (Wildman–Crippen MR) is 76.6 cm³/mol. The molecule has 0 aliphatic rings. The van der Waals surface area contributed by atoms with E-state index in [0.717, 1.165) is 17.0 Å². The molecular weight excluding hydrogens is 299 g/mol. The van der Waals surface area contributed by atoms with Crippen LogP contribution in [0.2, 0.25) is 0 Å². The fourth-order valence-corrected chi connectivity index (χ4v) is 2.28. The summed E-state index contributed by atoms with van der Waals surface area (Å²) in [7, 11) is 0. The molecule has 0 spiro atoms. The van der Waals surface area contributed by atoms with E-state index in [1.807, 2.05) is 17.5 Å². The number of thiophene rings is 1. The quantitative estimate of drug-likeness (QED) is 0.846. The second-order valence-corrected chi connectivity index (χ2v) is 5.29. The van der Waals surface area contributed by atoms with E-state index < -0.39 is 11.7 Å². The highest BCUT2D eigenvalue weighted by Crippen LogP contribution is 2.29. The number of carbonyl (C=O) groups is 1. The number of halogens is 3. The van der Waals surface area contributed by atoms with Gasteiger partial charge in [0.1, 0.15) is 0 Å². The van der Waals surface area contributed by atoms with Crippen LogP contribution in [-0.2, 0) is 17.5 Å². The molecule has 1 amide bonds. The van der Waals surface area contributed by atoms with Crippen molar-refractivity contribution in [3.05, 3.63) is 63.9 Å². The van der Waals surface area contributed by atoms with Crippen LogP contribution in [0.25, 0.3) is 6.08 Å². The summed E-state index contributed by atoms with van der Waals surface area (Å²) in [5, 5.41) is 4.57. The average molecular weight is 311 g/mol. The van der Waals surface area contributed by atoms with Crippen molar-refractivity contribution in [2.24, 2.45) is 0 Å². The Labute approximate surface area is 123 Å². The van der Waals surface area contributed by atoms with Crippen LogP contribution in [0.15, 0.2) is 47.9 Å². The zero-order valence-electron chi connectivity index (χ0n) is 10.9. The van der Waals surface area contributed by atoms with Gasteiger partial charge in [-0.1, -0.05) is 18.2 Å². The highest BCUT2D eigenvalue weighted by Gasteiger charge is 2.30. The van der Waals surface area contributed by atoms with Crippen LogP contribution >= 0.6 is 11.3 Å². The molecule has 1 aromatic carbocycles. The van der Waals surface area contributed by atoms with E-state index in [1.54, 1.807) is 0 Å². The number of nitrogens with one attached hydrogen (secondary N) is 1. The van der Waals surface area contributed by atoms with Gasteiger partial charge < -0.3 is 5.32 Å². The van der Waals surface area contributed by atoms with Gasteiger partial charge in [0, 0.05) is 11.0 Å². The third-order valence-electron chi connectivity index (χ3n) is 2.66. The maximum Gasteiger partial charge on any atom is 0.416 e. The number of rotatable bonds is 4. The molecule has 0 fully saturated rings. The third kappa shape index (κ3) is 4.75. The Morgan fingerprint density at radius 3 is 2.71 bits per heavy atom. The van der Waals surface area contributed by atoms with Gasteiger partial charge in [-0.2, -0.15) is 13.2 Å². The Balaban J connectivity index is 1.95. The molecule has 0 aliphatic carbocycles. The summed E-state index contributed by atoms with van der Waals surface area (Å²) in [5.41, 5.74) is -0.403. The van der Waals surface area contributed by atoms with E-state index in [-0.39, 0.29) is 5.91 Å². The molecule has 0 aliphatic heterocycles. The molecule has 110 valence electrons. The standard InChI is InChI=1S/C15H12F3NOS/c16-15(17,18)12-4-1-3-11(9-12)6-7-14(20)19-10-13-5-2-8-21-13/h1-9H,10H2,(H,19,20)/b7-6+. The van der Waals surface area contributed by atoms with E-state index in [4.69, 9.17) is 0 Å². The molecule has 2 nitrogen and oxygen atoms in total. The summed E-state index contributed by atoms with van der Waals surface area (Å²) < 4.78 is 37.6. The van der Waals surface area contributed by atoms with Gasteiger partial charge in [0.05, 0.1) is 12.1 Å². The van der Waals surface area contributed by atoms with Crippen molar-refractivity contribution < 1.29 is 18.0 Å². The van der Waals surface area contributed by atoms with Gasteiger partial charge in [-0.3, -0.25) is 4.79 Å². The lowest BCUT2D eigenvalue weighted by molar-refractivity contribution is -0.137. The molecule has 1 heterocycles. The van der Waals surface area contributed by atoms with Crippen LogP contribution in [0.3, 0.4) is 0 Å². The SMILES string of the molecule is O=C(/C=C/c1cccc(C(F)(F)F)c1)NCc1cccs1. The number of hydrogen-bond donors (Lipinski definition) is 1. The summed E-state index contributed by atoms with van der Waals surface area (Å²) in [6, 6.07) is 8.59. The maximum absolute atomic E-state index is 12.5. The fraction of sp³-hybridized carbons (Fsp3) is 0.133. The maximum atomic E-state index is 12.5. The Morgan fingerprint density at radius 1 is 1.24 bits per heavy atom. The minimum Gasteiger partial charge on any atom is -0.348 e. The Kier molecular flexibility index (Phi) is 4.80. The van der Waals surface area contributed by atoms with Crippen LogP contribution < -0.4 is 5.32 Å². The molecule has 6 heteroatoms. The monoisotopic (exact) mass is 311 g/mol. The third-order valence-corrected chi connectivity index (χ3v) is 3.53. The van der Waals surface area contributed by atoms with E-state index in [2.05, 4.69) is 5.32 Å². The first kappa shape index (κ1) is 15.3. The summed E-state index contributed by atoms with van der Waals surface area (Å²) in [6.07, 6.45) is -1.80. The lowest BCUT2D eigenvalue weighted by Gasteiger charge is -2.06. The predicted octanol–water partition coefficient (Wildman–Crippen LogP) is 4.10. The van der Waals surface area contributed by atoms with Gasteiger partial charge in [0.15, 0.2) is 0 Å². The Bertz CT molecular complexity index is 633. The number of amides is 1. The van der Waals surface area contributed by atoms with Crippen molar-refractivity contribution in [2.45, 2.75) is 12.7 Å². The summed E-state index contributed by atoms with van der Waals surface area (Å²) in [5.74, 6) is -0.346. The molecule has 0 bridgehead atoms.